The summed E-state index contributed by atoms with van der Waals surface area (Å²) in [6.45, 7) is 4.84. The molecule has 0 unspecified atom stereocenters. The van der Waals surface area contributed by atoms with Gasteiger partial charge in [-0.2, -0.15) is 5.10 Å². The number of hydrazone groups is 1. The van der Waals surface area contributed by atoms with Crippen molar-refractivity contribution in [1.82, 2.24) is 5.43 Å². The van der Waals surface area contributed by atoms with Crippen LogP contribution in [0, 0.1) is 13.8 Å². The van der Waals surface area contributed by atoms with Crippen LogP contribution in [0.2, 0.25) is 0 Å². The fraction of sp³-hybridized carbons (Fsp3) is 0.263. The first-order valence-electron chi connectivity index (χ1n) is 8.09. The number of hydrogen-bond acceptors (Lipinski definition) is 4. The second-order valence-corrected chi connectivity index (χ2v) is 6.29. The van der Waals surface area contributed by atoms with Crippen molar-refractivity contribution in [2.24, 2.45) is 5.10 Å². The average Bonchev–Trinajstić information content (AvgIpc) is 2.58. The van der Waals surface area contributed by atoms with Crippen LogP contribution in [0.3, 0.4) is 0 Å². The van der Waals surface area contributed by atoms with E-state index in [1.54, 1.807) is 6.21 Å². The molecule has 0 saturated carbocycles. The van der Waals surface area contributed by atoms with Crippen molar-refractivity contribution < 1.29 is 5.11 Å². The molecule has 0 saturated heterocycles. The maximum atomic E-state index is 8.97. The molecule has 25 heavy (non-hydrogen) atoms. The molecule has 0 heterocycles. The van der Waals surface area contributed by atoms with Gasteiger partial charge in [0.05, 0.1) is 12.8 Å². The summed E-state index contributed by atoms with van der Waals surface area (Å²) in [5, 5.41) is 16.7. The number of aryl methyl sites for hydroxylation is 2. The average molecular weight is 356 g/mol. The van der Waals surface area contributed by atoms with Crippen LogP contribution in [-0.4, -0.2) is 36.6 Å². The van der Waals surface area contributed by atoms with Crippen molar-refractivity contribution in [3.63, 3.8) is 0 Å². The minimum Gasteiger partial charge on any atom is -0.395 e. The first-order chi connectivity index (χ1) is 12.0. The van der Waals surface area contributed by atoms with Crippen LogP contribution in [0.15, 0.2) is 47.6 Å². The summed E-state index contributed by atoms with van der Waals surface area (Å²) in [5.41, 5.74) is 8.15. The van der Waals surface area contributed by atoms with Gasteiger partial charge in [-0.3, -0.25) is 5.43 Å². The quantitative estimate of drug-likeness (QED) is 0.422. The molecule has 0 aromatic heterocycles. The molecule has 0 bridgehead atoms. The Morgan fingerprint density at radius 2 is 1.92 bits per heavy atom. The molecule has 0 aliphatic carbocycles. The molecule has 0 aliphatic heterocycles. The van der Waals surface area contributed by atoms with E-state index in [9.17, 15) is 0 Å². The van der Waals surface area contributed by atoms with Crippen molar-refractivity contribution in [2.45, 2.75) is 13.8 Å². The molecule has 2 aromatic carbocycles. The van der Waals surface area contributed by atoms with Crippen molar-refractivity contribution in [2.75, 3.05) is 30.4 Å². The van der Waals surface area contributed by atoms with E-state index < -0.39 is 0 Å². The zero-order valence-corrected chi connectivity index (χ0v) is 15.6. The van der Waals surface area contributed by atoms with Gasteiger partial charge in [0.15, 0.2) is 5.11 Å². The monoisotopic (exact) mass is 356 g/mol. The fourth-order valence-electron chi connectivity index (χ4n) is 2.36. The number of benzene rings is 2. The molecule has 132 valence electrons. The Balaban J connectivity index is 1.88. The zero-order valence-electron chi connectivity index (χ0n) is 14.8. The summed E-state index contributed by atoms with van der Waals surface area (Å²) in [6, 6.07) is 14.1. The van der Waals surface area contributed by atoms with Gasteiger partial charge in [0.2, 0.25) is 0 Å². The van der Waals surface area contributed by atoms with E-state index in [1.807, 2.05) is 55.3 Å². The highest BCUT2D eigenvalue weighted by molar-refractivity contribution is 7.80. The maximum absolute atomic E-state index is 8.97. The number of rotatable bonds is 6. The molecule has 5 nitrogen and oxygen atoms in total. The topological polar surface area (TPSA) is 59.9 Å². The molecular formula is C19H24N4OS. The summed E-state index contributed by atoms with van der Waals surface area (Å²) in [4.78, 5) is 1.99. The highest BCUT2D eigenvalue weighted by atomic mass is 32.1. The van der Waals surface area contributed by atoms with Crippen LogP contribution < -0.4 is 15.6 Å². The Bertz CT molecular complexity index is 744. The van der Waals surface area contributed by atoms with E-state index >= 15 is 0 Å². The number of hydrogen-bond donors (Lipinski definition) is 3. The van der Waals surface area contributed by atoms with E-state index in [1.165, 1.54) is 5.56 Å². The lowest BCUT2D eigenvalue weighted by atomic mass is 10.1. The molecular weight excluding hydrogens is 332 g/mol. The first kappa shape index (κ1) is 18.9. The number of nitrogens with one attached hydrogen (secondary N) is 2. The molecule has 0 aliphatic rings. The van der Waals surface area contributed by atoms with Crippen molar-refractivity contribution >= 4 is 34.9 Å². The second-order valence-electron chi connectivity index (χ2n) is 5.88. The third kappa shape index (κ3) is 5.85. The van der Waals surface area contributed by atoms with E-state index in [-0.39, 0.29) is 6.61 Å². The molecule has 0 spiro atoms. The van der Waals surface area contributed by atoms with Gasteiger partial charge < -0.3 is 15.3 Å². The highest BCUT2D eigenvalue weighted by Crippen LogP contribution is 2.16. The Kier molecular flexibility index (Phi) is 6.91. The predicted octanol–water partition coefficient (Wildman–Crippen LogP) is 3.05. The van der Waals surface area contributed by atoms with E-state index in [4.69, 9.17) is 17.3 Å². The van der Waals surface area contributed by atoms with E-state index in [2.05, 4.69) is 28.8 Å². The standard InChI is InChI=1S/C19H24N4OS/c1-14-4-9-18(15(2)12-14)21-19(25)22-20-13-16-5-7-17(8-6-16)23(3)10-11-24/h4-9,12-13,24H,10-11H2,1-3H3,(H2,21,22,25). The fourth-order valence-corrected chi connectivity index (χ4v) is 2.53. The molecule has 0 radical (unpaired) electrons. The highest BCUT2D eigenvalue weighted by Gasteiger charge is 2.01. The summed E-state index contributed by atoms with van der Waals surface area (Å²) < 4.78 is 0. The van der Waals surface area contributed by atoms with Gasteiger partial charge in [0.1, 0.15) is 0 Å². The third-order valence-electron chi connectivity index (χ3n) is 3.78. The van der Waals surface area contributed by atoms with Crippen LogP contribution in [-0.2, 0) is 0 Å². The van der Waals surface area contributed by atoms with Gasteiger partial charge in [-0.25, -0.2) is 0 Å². The minimum atomic E-state index is 0.133. The molecule has 3 N–H and O–H groups in total. The number of aliphatic hydroxyl groups excluding tert-OH is 1. The number of aliphatic hydroxyl groups is 1. The van der Waals surface area contributed by atoms with Gasteiger partial charge >= 0.3 is 0 Å². The lowest BCUT2D eigenvalue weighted by Gasteiger charge is -2.17. The SMILES string of the molecule is Cc1ccc(NC(=S)NN=Cc2ccc(N(C)CCO)cc2)c(C)c1. The molecule has 0 atom stereocenters. The largest absolute Gasteiger partial charge is 0.395 e. The normalized spacial score (nSPS) is 10.7. The van der Waals surface area contributed by atoms with Crippen LogP contribution in [0.25, 0.3) is 0 Å². The Labute approximate surface area is 154 Å². The minimum absolute atomic E-state index is 0.133. The summed E-state index contributed by atoms with van der Waals surface area (Å²) in [7, 11) is 1.94. The predicted molar refractivity (Wildman–Crippen MR) is 110 cm³/mol. The summed E-state index contributed by atoms with van der Waals surface area (Å²) in [5.74, 6) is 0. The van der Waals surface area contributed by atoms with Crippen LogP contribution in [0.5, 0.6) is 0 Å². The number of likely N-dealkylation sites (N-methyl/N-ethyl adjacent to an activating group) is 1. The third-order valence-corrected chi connectivity index (χ3v) is 3.97. The second kappa shape index (κ2) is 9.15. The zero-order chi connectivity index (χ0) is 18.2. The van der Waals surface area contributed by atoms with Crippen molar-refractivity contribution in [3.8, 4) is 0 Å². The molecule has 6 heteroatoms. The molecule has 2 rings (SSSR count). The van der Waals surface area contributed by atoms with Crippen LogP contribution >= 0.6 is 12.2 Å². The van der Waals surface area contributed by atoms with Gasteiger partial charge in [0.25, 0.3) is 0 Å². The Hall–Kier alpha value is -2.44. The van der Waals surface area contributed by atoms with Gasteiger partial charge in [-0.1, -0.05) is 29.8 Å². The Morgan fingerprint density at radius 1 is 1.20 bits per heavy atom. The summed E-state index contributed by atoms with van der Waals surface area (Å²) in [6.07, 6.45) is 1.71. The number of anilines is 2. The number of thiocarbonyl (C=S) groups is 1. The lowest BCUT2D eigenvalue weighted by Crippen LogP contribution is -2.24. The molecule has 2 aromatic rings. The van der Waals surface area contributed by atoms with Crippen LogP contribution in [0.1, 0.15) is 16.7 Å². The van der Waals surface area contributed by atoms with Gasteiger partial charge in [-0.05, 0) is 55.4 Å². The first-order valence-corrected chi connectivity index (χ1v) is 8.50. The maximum Gasteiger partial charge on any atom is 0.191 e. The smallest absolute Gasteiger partial charge is 0.191 e. The molecule has 0 fully saturated rings. The van der Waals surface area contributed by atoms with Gasteiger partial charge in [0, 0.05) is 25.0 Å². The lowest BCUT2D eigenvalue weighted by molar-refractivity contribution is 0.304. The summed E-state index contributed by atoms with van der Waals surface area (Å²) >= 11 is 5.26. The van der Waals surface area contributed by atoms with Crippen LogP contribution in [0.4, 0.5) is 11.4 Å². The number of nitrogens with zero attached hydrogens (tertiary/aromatic N) is 2. The van der Waals surface area contributed by atoms with Crippen molar-refractivity contribution in [1.29, 1.82) is 0 Å². The van der Waals surface area contributed by atoms with Crippen molar-refractivity contribution in [3.05, 3.63) is 59.2 Å². The van der Waals surface area contributed by atoms with E-state index in [0.717, 1.165) is 22.5 Å². The van der Waals surface area contributed by atoms with E-state index in [0.29, 0.717) is 11.7 Å². The Morgan fingerprint density at radius 3 is 2.56 bits per heavy atom. The molecule has 0 amide bonds. The van der Waals surface area contributed by atoms with Gasteiger partial charge in [-0.15, -0.1) is 0 Å².